The van der Waals surface area contributed by atoms with Gasteiger partial charge in [0.05, 0.1) is 12.3 Å². The zero-order valence-corrected chi connectivity index (χ0v) is 11.0. The highest BCUT2D eigenvalue weighted by Gasteiger charge is 2.09. The number of halogens is 2. The van der Waals surface area contributed by atoms with Crippen molar-refractivity contribution in [2.45, 2.75) is 13.5 Å². The molecule has 0 radical (unpaired) electrons. The Hall–Kier alpha value is -2.30. The van der Waals surface area contributed by atoms with E-state index in [2.05, 4.69) is 5.32 Å². The molecule has 2 aromatic carbocycles. The lowest BCUT2D eigenvalue weighted by Gasteiger charge is -2.12. The summed E-state index contributed by atoms with van der Waals surface area (Å²) in [6.07, 6.45) is 0. The molecular formula is C15H15F2NO2. The predicted molar refractivity (Wildman–Crippen MR) is 73.0 cm³/mol. The van der Waals surface area contributed by atoms with Crippen LogP contribution in [0.15, 0.2) is 36.4 Å². The number of phenols is 1. The first-order chi connectivity index (χ1) is 9.61. The Balaban J connectivity index is 2.12. The number of hydrogen-bond acceptors (Lipinski definition) is 3. The first-order valence-corrected chi connectivity index (χ1v) is 6.24. The minimum Gasteiger partial charge on any atom is -0.504 e. The van der Waals surface area contributed by atoms with Crippen molar-refractivity contribution in [1.29, 1.82) is 0 Å². The Bertz CT molecular complexity index is 602. The third kappa shape index (κ3) is 3.17. The first-order valence-electron chi connectivity index (χ1n) is 6.24. The molecule has 0 spiro atoms. The molecule has 0 unspecified atom stereocenters. The van der Waals surface area contributed by atoms with Crippen molar-refractivity contribution in [2.24, 2.45) is 0 Å². The molecule has 2 N–H and O–H groups in total. The molecule has 0 bridgehead atoms. The Morgan fingerprint density at radius 1 is 1.20 bits per heavy atom. The Morgan fingerprint density at radius 3 is 2.70 bits per heavy atom. The molecular weight excluding hydrogens is 264 g/mol. The average Bonchev–Trinajstić information content (AvgIpc) is 2.42. The zero-order chi connectivity index (χ0) is 14.5. The van der Waals surface area contributed by atoms with E-state index < -0.39 is 11.6 Å². The fourth-order valence-electron chi connectivity index (χ4n) is 1.81. The number of ether oxygens (including phenoxy) is 1. The van der Waals surface area contributed by atoms with Crippen molar-refractivity contribution in [2.75, 3.05) is 11.9 Å². The van der Waals surface area contributed by atoms with E-state index in [9.17, 15) is 13.9 Å². The second-order valence-electron chi connectivity index (χ2n) is 4.17. The van der Waals surface area contributed by atoms with E-state index >= 15 is 0 Å². The van der Waals surface area contributed by atoms with Crippen LogP contribution >= 0.6 is 0 Å². The van der Waals surface area contributed by atoms with Crippen LogP contribution in [0.2, 0.25) is 0 Å². The Labute approximate surface area is 115 Å². The van der Waals surface area contributed by atoms with Crippen molar-refractivity contribution < 1.29 is 18.6 Å². The van der Waals surface area contributed by atoms with E-state index in [1.165, 1.54) is 12.1 Å². The standard InChI is InChI=1S/C15H15F2NO2/c1-2-20-14-5-3-4-10(15(14)19)9-18-13-7-6-11(16)8-12(13)17/h3-8,18-19H,2,9H2,1H3. The number of phenolic OH excluding ortho intramolecular Hbond substituents is 1. The Morgan fingerprint density at radius 2 is 2.00 bits per heavy atom. The van der Waals surface area contributed by atoms with E-state index in [0.29, 0.717) is 17.9 Å². The third-order valence-electron chi connectivity index (χ3n) is 2.78. The number of anilines is 1. The maximum absolute atomic E-state index is 13.5. The molecule has 2 rings (SSSR count). The molecule has 20 heavy (non-hydrogen) atoms. The predicted octanol–water partition coefficient (Wildman–Crippen LogP) is 3.68. The molecule has 0 aliphatic heterocycles. The van der Waals surface area contributed by atoms with Gasteiger partial charge in [0.2, 0.25) is 0 Å². The van der Waals surface area contributed by atoms with Gasteiger partial charge in [0.25, 0.3) is 0 Å². The van der Waals surface area contributed by atoms with Gasteiger partial charge in [0.15, 0.2) is 11.5 Å². The van der Waals surface area contributed by atoms with E-state index in [0.717, 1.165) is 6.07 Å². The van der Waals surface area contributed by atoms with Crippen molar-refractivity contribution in [1.82, 2.24) is 0 Å². The van der Waals surface area contributed by atoms with E-state index in [1.807, 2.05) is 6.92 Å². The molecule has 0 aliphatic carbocycles. The van der Waals surface area contributed by atoms with Gasteiger partial charge in [-0.1, -0.05) is 12.1 Å². The molecule has 0 atom stereocenters. The van der Waals surface area contributed by atoms with Gasteiger partial charge in [-0.3, -0.25) is 0 Å². The van der Waals surface area contributed by atoms with Crippen LogP contribution in [-0.4, -0.2) is 11.7 Å². The molecule has 0 aromatic heterocycles. The monoisotopic (exact) mass is 279 g/mol. The largest absolute Gasteiger partial charge is 0.504 e. The number of rotatable bonds is 5. The van der Waals surface area contributed by atoms with Crippen LogP contribution < -0.4 is 10.1 Å². The molecule has 0 aliphatic rings. The van der Waals surface area contributed by atoms with Crippen molar-refractivity contribution in [3.63, 3.8) is 0 Å². The fraction of sp³-hybridized carbons (Fsp3) is 0.200. The van der Waals surface area contributed by atoms with E-state index in [-0.39, 0.29) is 18.0 Å². The second kappa shape index (κ2) is 6.23. The average molecular weight is 279 g/mol. The molecule has 0 saturated carbocycles. The Kier molecular flexibility index (Phi) is 4.40. The van der Waals surface area contributed by atoms with Crippen LogP contribution in [0.1, 0.15) is 12.5 Å². The minimum absolute atomic E-state index is 0.0179. The number of hydrogen-bond donors (Lipinski definition) is 2. The normalized spacial score (nSPS) is 10.3. The fourth-order valence-corrected chi connectivity index (χ4v) is 1.81. The smallest absolute Gasteiger partial charge is 0.162 e. The molecule has 5 heteroatoms. The summed E-state index contributed by atoms with van der Waals surface area (Å²) >= 11 is 0. The van der Waals surface area contributed by atoms with Gasteiger partial charge in [0, 0.05) is 18.2 Å². The van der Waals surface area contributed by atoms with Gasteiger partial charge in [-0.15, -0.1) is 0 Å². The van der Waals surface area contributed by atoms with Gasteiger partial charge in [-0.25, -0.2) is 8.78 Å². The van der Waals surface area contributed by atoms with Crippen LogP contribution in [-0.2, 0) is 6.54 Å². The maximum Gasteiger partial charge on any atom is 0.162 e. The summed E-state index contributed by atoms with van der Waals surface area (Å²) < 4.78 is 31.5. The van der Waals surface area contributed by atoms with Gasteiger partial charge in [0.1, 0.15) is 11.6 Å². The summed E-state index contributed by atoms with van der Waals surface area (Å²) in [6, 6.07) is 8.38. The lowest BCUT2D eigenvalue weighted by atomic mass is 10.1. The van der Waals surface area contributed by atoms with Crippen LogP contribution in [0.5, 0.6) is 11.5 Å². The van der Waals surface area contributed by atoms with Crippen LogP contribution in [0.3, 0.4) is 0 Å². The number of nitrogens with one attached hydrogen (secondary N) is 1. The van der Waals surface area contributed by atoms with Crippen LogP contribution in [0.25, 0.3) is 0 Å². The second-order valence-corrected chi connectivity index (χ2v) is 4.17. The van der Waals surface area contributed by atoms with Crippen LogP contribution in [0.4, 0.5) is 14.5 Å². The summed E-state index contributed by atoms with van der Waals surface area (Å²) in [5, 5.41) is 12.8. The first kappa shape index (κ1) is 14.1. The lowest BCUT2D eigenvalue weighted by Crippen LogP contribution is -2.03. The zero-order valence-electron chi connectivity index (χ0n) is 11.0. The minimum atomic E-state index is -0.676. The molecule has 3 nitrogen and oxygen atoms in total. The highest BCUT2D eigenvalue weighted by Crippen LogP contribution is 2.30. The lowest BCUT2D eigenvalue weighted by molar-refractivity contribution is 0.317. The van der Waals surface area contributed by atoms with Gasteiger partial charge in [-0.05, 0) is 25.1 Å². The molecule has 0 fully saturated rings. The number of benzene rings is 2. The van der Waals surface area contributed by atoms with Crippen molar-refractivity contribution >= 4 is 5.69 Å². The molecule has 106 valence electrons. The summed E-state index contributed by atoms with van der Waals surface area (Å²) in [7, 11) is 0. The highest BCUT2D eigenvalue weighted by atomic mass is 19.1. The number of para-hydroxylation sites is 1. The summed E-state index contributed by atoms with van der Waals surface area (Å²) in [5.74, 6) is -0.907. The summed E-state index contributed by atoms with van der Waals surface area (Å²) in [6.45, 7) is 2.46. The van der Waals surface area contributed by atoms with Crippen molar-refractivity contribution in [3.8, 4) is 11.5 Å². The molecule has 2 aromatic rings. The van der Waals surface area contributed by atoms with Gasteiger partial charge < -0.3 is 15.2 Å². The van der Waals surface area contributed by atoms with E-state index in [4.69, 9.17) is 4.74 Å². The number of aromatic hydroxyl groups is 1. The van der Waals surface area contributed by atoms with E-state index in [1.54, 1.807) is 18.2 Å². The highest BCUT2D eigenvalue weighted by molar-refractivity contribution is 5.49. The topological polar surface area (TPSA) is 41.5 Å². The summed E-state index contributed by atoms with van der Waals surface area (Å²) in [4.78, 5) is 0. The summed E-state index contributed by atoms with van der Waals surface area (Å²) in [5.41, 5.74) is 0.743. The molecule has 0 saturated heterocycles. The van der Waals surface area contributed by atoms with Gasteiger partial charge in [-0.2, -0.15) is 0 Å². The molecule has 0 heterocycles. The van der Waals surface area contributed by atoms with Crippen molar-refractivity contribution in [3.05, 3.63) is 53.6 Å². The van der Waals surface area contributed by atoms with Gasteiger partial charge >= 0.3 is 0 Å². The molecule has 0 amide bonds. The third-order valence-corrected chi connectivity index (χ3v) is 2.78. The van der Waals surface area contributed by atoms with Crippen LogP contribution in [0, 0.1) is 11.6 Å². The quantitative estimate of drug-likeness (QED) is 0.877. The SMILES string of the molecule is CCOc1cccc(CNc2ccc(F)cc2F)c1O. The maximum atomic E-state index is 13.5.